The van der Waals surface area contributed by atoms with E-state index in [9.17, 15) is 20.1 Å². The van der Waals surface area contributed by atoms with Crippen LogP contribution in [0.15, 0.2) is 0 Å². The quantitative estimate of drug-likeness (QED) is 0.285. The fourth-order valence-electron chi connectivity index (χ4n) is 1.06. The molecular weight excluding hydrogens is 216 g/mol. The van der Waals surface area contributed by atoms with E-state index in [0.717, 1.165) is 12.8 Å². The van der Waals surface area contributed by atoms with Gasteiger partial charge in [-0.3, -0.25) is 0 Å². The number of hydrogen-bond acceptors (Lipinski definition) is 6. The van der Waals surface area contributed by atoms with Gasteiger partial charge in [0.05, 0.1) is 6.61 Å². The molecule has 0 fully saturated rings. The van der Waals surface area contributed by atoms with E-state index in [4.69, 9.17) is 9.84 Å². The molecule has 4 N–H and O–H groups in total. The van der Waals surface area contributed by atoms with E-state index in [1.807, 2.05) is 6.92 Å². The molecule has 16 heavy (non-hydrogen) atoms. The van der Waals surface area contributed by atoms with Crippen molar-refractivity contribution in [1.82, 2.24) is 0 Å². The summed E-state index contributed by atoms with van der Waals surface area (Å²) in [6.07, 6.45) is -4.47. The first-order valence-electron chi connectivity index (χ1n) is 5.29. The Bertz CT molecular complexity index is 186. The van der Waals surface area contributed by atoms with Gasteiger partial charge in [-0.25, -0.2) is 0 Å². The van der Waals surface area contributed by atoms with E-state index in [0.29, 0.717) is 6.61 Å². The maximum absolute atomic E-state index is 10.1. The summed E-state index contributed by atoms with van der Waals surface area (Å²) in [5.74, 6) is 0. The van der Waals surface area contributed by atoms with Crippen LogP contribution >= 0.6 is 0 Å². The number of rotatable bonds is 9. The number of hydrogen-bond donors (Lipinski definition) is 4. The normalized spacial score (nSPS) is 18.8. The van der Waals surface area contributed by atoms with Crippen molar-refractivity contribution in [3.63, 3.8) is 0 Å². The number of ether oxygens (including phenoxy) is 1. The van der Waals surface area contributed by atoms with E-state index in [1.54, 1.807) is 0 Å². The van der Waals surface area contributed by atoms with Crippen LogP contribution in [0.1, 0.15) is 19.8 Å². The Morgan fingerprint density at radius 1 is 1.19 bits per heavy atom. The van der Waals surface area contributed by atoms with Crippen LogP contribution in [0.25, 0.3) is 0 Å². The van der Waals surface area contributed by atoms with Gasteiger partial charge in [0.25, 0.3) is 0 Å². The average molecular weight is 236 g/mol. The van der Waals surface area contributed by atoms with Crippen LogP contribution in [-0.4, -0.2) is 64.3 Å². The molecule has 0 rings (SSSR count). The molecule has 4 unspecified atom stereocenters. The van der Waals surface area contributed by atoms with E-state index < -0.39 is 24.4 Å². The van der Waals surface area contributed by atoms with Gasteiger partial charge in [-0.05, 0) is 6.42 Å². The minimum atomic E-state index is -1.71. The predicted octanol–water partition coefficient (Wildman–Crippen LogP) is -1.55. The van der Waals surface area contributed by atoms with Gasteiger partial charge in [-0.1, -0.05) is 13.3 Å². The first kappa shape index (κ1) is 15.5. The van der Waals surface area contributed by atoms with E-state index in [2.05, 4.69) is 0 Å². The molecule has 4 atom stereocenters. The molecule has 6 nitrogen and oxygen atoms in total. The van der Waals surface area contributed by atoms with Crippen molar-refractivity contribution in [2.24, 2.45) is 0 Å². The van der Waals surface area contributed by atoms with Crippen molar-refractivity contribution in [2.45, 2.75) is 44.2 Å². The fraction of sp³-hybridized carbons (Fsp3) is 0.900. The summed E-state index contributed by atoms with van der Waals surface area (Å²) in [4.78, 5) is 10.1. The van der Waals surface area contributed by atoms with Gasteiger partial charge in [0.15, 0.2) is 6.29 Å². The largest absolute Gasteiger partial charge is 0.388 e. The molecule has 0 aromatic heterocycles. The molecule has 0 radical (unpaired) electrons. The lowest BCUT2D eigenvalue weighted by atomic mass is 10.0. The van der Waals surface area contributed by atoms with Crippen LogP contribution in [0.3, 0.4) is 0 Å². The summed E-state index contributed by atoms with van der Waals surface area (Å²) >= 11 is 0. The molecule has 0 bridgehead atoms. The Morgan fingerprint density at radius 3 is 2.31 bits per heavy atom. The summed E-state index contributed by atoms with van der Waals surface area (Å²) in [5.41, 5.74) is 0. The summed E-state index contributed by atoms with van der Waals surface area (Å²) in [6, 6.07) is 0. The van der Waals surface area contributed by atoms with Gasteiger partial charge in [0.1, 0.15) is 24.4 Å². The molecule has 96 valence electrons. The summed E-state index contributed by atoms with van der Waals surface area (Å²) in [6.45, 7) is 2.29. The van der Waals surface area contributed by atoms with Crippen molar-refractivity contribution in [3.8, 4) is 0 Å². The molecule has 0 aromatic carbocycles. The van der Waals surface area contributed by atoms with E-state index in [-0.39, 0.29) is 12.9 Å². The molecule has 0 aliphatic rings. The minimum Gasteiger partial charge on any atom is -0.388 e. The third-order valence-electron chi connectivity index (χ3n) is 2.16. The van der Waals surface area contributed by atoms with Crippen LogP contribution in [0.5, 0.6) is 0 Å². The maximum Gasteiger partial charge on any atom is 0.151 e. The lowest BCUT2D eigenvalue weighted by Crippen LogP contribution is -2.46. The zero-order chi connectivity index (χ0) is 12.6. The van der Waals surface area contributed by atoms with Crippen molar-refractivity contribution < 1.29 is 30.0 Å². The molecular formula is C10H20O6. The molecule has 0 saturated carbocycles. The summed E-state index contributed by atoms with van der Waals surface area (Å²) in [7, 11) is 0. The first-order chi connectivity index (χ1) is 7.54. The standard InChI is InChI=1S/C10H20O6/c1-2-3-4-16-6-8(13)10(15)9(14)7(12)5-11/h5,7-10,12-15H,2-4,6H2,1H3. The number of carbonyl (C=O) groups excluding carboxylic acids is 1. The SMILES string of the molecule is CCCCOCC(O)C(O)C(O)C(O)C=O. The van der Waals surface area contributed by atoms with Crippen LogP contribution < -0.4 is 0 Å². The molecule has 0 spiro atoms. The molecule has 0 heterocycles. The number of unbranched alkanes of at least 4 members (excludes halogenated alkanes) is 1. The van der Waals surface area contributed by atoms with Gasteiger partial charge in [0, 0.05) is 6.61 Å². The maximum atomic E-state index is 10.1. The van der Waals surface area contributed by atoms with Gasteiger partial charge in [-0.15, -0.1) is 0 Å². The molecule has 0 saturated heterocycles. The van der Waals surface area contributed by atoms with Gasteiger partial charge in [0.2, 0.25) is 0 Å². The van der Waals surface area contributed by atoms with Crippen LogP contribution in [-0.2, 0) is 9.53 Å². The van der Waals surface area contributed by atoms with Crippen LogP contribution in [0, 0.1) is 0 Å². The average Bonchev–Trinajstić information content (AvgIpc) is 2.31. The number of carbonyl (C=O) groups is 1. The Balaban J connectivity index is 3.87. The Hall–Kier alpha value is -0.530. The van der Waals surface area contributed by atoms with Crippen molar-refractivity contribution in [2.75, 3.05) is 13.2 Å². The predicted molar refractivity (Wildman–Crippen MR) is 55.8 cm³/mol. The Kier molecular flexibility index (Phi) is 8.32. The Labute approximate surface area is 94.5 Å². The lowest BCUT2D eigenvalue weighted by molar-refractivity contribution is -0.138. The zero-order valence-electron chi connectivity index (χ0n) is 9.32. The van der Waals surface area contributed by atoms with E-state index in [1.165, 1.54) is 0 Å². The monoisotopic (exact) mass is 236 g/mol. The second-order valence-electron chi connectivity index (χ2n) is 3.60. The third kappa shape index (κ3) is 5.53. The lowest BCUT2D eigenvalue weighted by Gasteiger charge is -2.23. The highest BCUT2D eigenvalue weighted by molar-refractivity contribution is 5.56. The van der Waals surface area contributed by atoms with Gasteiger partial charge >= 0.3 is 0 Å². The van der Waals surface area contributed by atoms with Crippen LogP contribution in [0.4, 0.5) is 0 Å². The number of aliphatic hydroxyl groups excluding tert-OH is 4. The molecule has 0 aliphatic carbocycles. The first-order valence-corrected chi connectivity index (χ1v) is 5.29. The second kappa shape index (κ2) is 8.60. The summed E-state index contributed by atoms with van der Waals surface area (Å²) < 4.78 is 5.03. The Morgan fingerprint density at radius 2 is 1.81 bits per heavy atom. The smallest absolute Gasteiger partial charge is 0.151 e. The topological polar surface area (TPSA) is 107 Å². The molecule has 6 heteroatoms. The van der Waals surface area contributed by atoms with Crippen molar-refractivity contribution in [1.29, 1.82) is 0 Å². The molecule has 0 amide bonds. The highest BCUT2D eigenvalue weighted by atomic mass is 16.5. The highest BCUT2D eigenvalue weighted by Crippen LogP contribution is 2.04. The minimum absolute atomic E-state index is 0.0958. The van der Waals surface area contributed by atoms with Crippen molar-refractivity contribution in [3.05, 3.63) is 0 Å². The fourth-order valence-corrected chi connectivity index (χ4v) is 1.06. The molecule has 0 aromatic rings. The molecule has 0 aliphatic heterocycles. The van der Waals surface area contributed by atoms with Gasteiger partial charge in [-0.2, -0.15) is 0 Å². The van der Waals surface area contributed by atoms with Gasteiger partial charge < -0.3 is 30.0 Å². The van der Waals surface area contributed by atoms with Crippen LogP contribution in [0.2, 0.25) is 0 Å². The summed E-state index contributed by atoms with van der Waals surface area (Å²) in [5, 5.41) is 36.9. The van der Waals surface area contributed by atoms with E-state index >= 15 is 0 Å². The third-order valence-corrected chi connectivity index (χ3v) is 2.16. The zero-order valence-corrected chi connectivity index (χ0v) is 9.32. The number of aliphatic hydroxyl groups is 4. The second-order valence-corrected chi connectivity index (χ2v) is 3.60. The highest BCUT2D eigenvalue weighted by Gasteiger charge is 2.30. The van der Waals surface area contributed by atoms with Crippen molar-refractivity contribution >= 4 is 6.29 Å². The number of aldehydes is 1.